The number of hydrogen-bond donors (Lipinski definition) is 0. The molecule has 4 heteroatoms. The van der Waals surface area contributed by atoms with E-state index in [0.717, 1.165) is 23.8 Å². The smallest absolute Gasteiger partial charge is 0.0940 e. The summed E-state index contributed by atoms with van der Waals surface area (Å²) in [7, 11) is 0. The van der Waals surface area contributed by atoms with Crippen molar-refractivity contribution in [1.82, 2.24) is 9.88 Å². The Balaban J connectivity index is 1.75. The van der Waals surface area contributed by atoms with Gasteiger partial charge in [0.1, 0.15) is 0 Å². The summed E-state index contributed by atoms with van der Waals surface area (Å²) in [6.45, 7) is 5.92. The maximum atomic E-state index is 8.61. The van der Waals surface area contributed by atoms with Crippen molar-refractivity contribution in [1.29, 1.82) is 5.26 Å². The van der Waals surface area contributed by atoms with E-state index in [-0.39, 0.29) is 0 Å². The van der Waals surface area contributed by atoms with Gasteiger partial charge in [0, 0.05) is 24.0 Å². The topological polar surface area (TPSA) is 39.9 Å². The number of piperidine rings is 1. The summed E-state index contributed by atoms with van der Waals surface area (Å²) in [6, 6.07) is 2.17. The van der Waals surface area contributed by atoms with Gasteiger partial charge in [0.2, 0.25) is 0 Å². The molecular formula is C13H19N3S. The molecule has 0 spiro atoms. The minimum Gasteiger partial charge on any atom is -0.303 e. The van der Waals surface area contributed by atoms with Crippen molar-refractivity contribution in [3.05, 3.63) is 16.1 Å². The van der Waals surface area contributed by atoms with E-state index in [0.29, 0.717) is 6.42 Å². The highest BCUT2D eigenvalue weighted by atomic mass is 32.1. The van der Waals surface area contributed by atoms with Crippen molar-refractivity contribution in [3.63, 3.8) is 0 Å². The summed E-state index contributed by atoms with van der Waals surface area (Å²) in [5.41, 5.74) is 0. The molecule has 1 aromatic rings. The highest BCUT2D eigenvalue weighted by molar-refractivity contribution is 7.11. The average molecular weight is 249 g/mol. The van der Waals surface area contributed by atoms with Crippen molar-refractivity contribution >= 4 is 11.3 Å². The molecule has 3 nitrogen and oxygen atoms in total. The minimum atomic E-state index is 0.499. The summed E-state index contributed by atoms with van der Waals surface area (Å²) >= 11 is 1.69. The second kappa shape index (κ2) is 6.13. The van der Waals surface area contributed by atoms with Gasteiger partial charge < -0.3 is 4.90 Å². The predicted octanol–water partition coefficient (Wildman–Crippen LogP) is 2.48. The van der Waals surface area contributed by atoms with Crippen LogP contribution in [0.15, 0.2) is 6.20 Å². The Hall–Kier alpha value is -0.920. The second-order valence-corrected chi connectivity index (χ2v) is 6.03. The van der Waals surface area contributed by atoms with Crippen molar-refractivity contribution in [2.45, 2.75) is 32.6 Å². The van der Waals surface area contributed by atoms with E-state index in [9.17, 15) is 0 Å². The van der Waals surface area contributed by atoms with Gasteiger partial charge in [-0.25, -0.2) is 4.98 Å². The molecule has 0 radical (unpaired) electrons. The molecule has 0 aliphatic carbocycles. The van der Waals surface area contributed by atoms with Crippen LogP contribution >= 0.6 is 11.3 Å². The van der Waals surface area contributed by atoms with Crippen molar-refractivity contribution in [2.24, 2.45) is 5.92 Å². The molecule has 92 valence electrons. The highest BCUT2D eigenvalue weighted by Crippen LogP contribution is 2.18. The minimum absolute atomic E-state index is 0.499. The van der Waals surface area contributed by atoms with E-state index in [1.54, 1.807) is 11.3 Å². The Labute approximate surface area is 107 Å². The molecule has 2 rings (SSSR count). The predicted molar refractivity (Wildman–Crippen MR) is 70.0 cm³/mol. The van der Waals surface area contributed by atoms with Crippen LogP contribution in [0.4, 0.5) is 0 Å². The number of nitrogens with zero attached hydrogens (tertiary/aromatic N) is 3. The first kappa shape index (κ1) is 12.5. The lowest BCUT2D eigenvalue weighted by Gasteiger charge is -2.29. The zero-order valence-corrected chi connectivity index (χ0v) is 11.2. The molecule has 2 heterocycles. The SMILES string of the molecule is CC1CCN(CCc2ncc(CC#N)s2)CC1. The van der Waals surface area contributed by atoms with E-state index >= 15 is 0 Å². The number of hydrogen-bond acceptors (Lipinski definition) is 4. The normalized spacial score (nSPS) is 18.1. The van der Waals surface area contributed by atoms with Crippen LogP contribution in [0.25, 0.3) is 0 Å². The van der Waals surface area contributed by atoms with Crippen LogP contribution in [0, 0.1) is 17.2 Å². The maximum Gasteiger partial charge on any atom is 0.0940 e. The number of rotatable bonds is 4. The van der Waals surface area contributed by atoms with E-state index in [4.69, 9.17) is 5.26 Å². The third-order valence-electron chi connectivity index (χ3n) is 3.37. The second-order valence-electron chi connectivity index (χ2n) is 4.83. The maximum absolute atomic E-state index is 8.61. The van der Waals surface area contributed by atoms with Gasteiger partial charge in [-0.15, -0.1) is 11.3 Å². The summed E-state index contributed by atoms with van der Waals surface area (Å²) in [4.78, 5) is 8.00. The molecule has 0 unspecified atom stereocenters. The summed E-state index contributed by atoms with van der Waals surface area (Å²) in [6.07, 6.45) is 6.04. The van der Waals surface area contributed by atoms with E-state index < -0.39 is 0 Å². The van der Waals surface area contributed by atoms with Gasteiger partial charge in [-0.05, 0) is 31.8 Å². The fourth-order valence-corrected chi connectivity index (χ4v) is 3.01. The third kappa shape index (κ3) is 3.79. The van der Waals surface area contributed by atoms with Crippen molar-refractivity contribution in [2.75, 3.05) is 19.6 Å². The Morgan fingerprint density at radius 1 is 1.53 bits per heavy atom. The molecule has 1 saturated heterocycles. The van der Waals surface area contributed by atoms with Gasteiger partial charge >= 0.3 is 0 Å². The Bertz CT molecular complexity index is 386. The molecule has 0 bridgehead atoms. The highest BCUT2D eigenvalue weighted by Gasteiger charge is 2.15. The lowest BCUT2D eigenvalue weighted by Crippen LogP contribution is -2.34. The summed E-state index contributed by atoms with van der Waals surface area (Å²) in [5.74, 6) is 0.897. The van der Waals surface area contributed by atoms with Gasteiger partial charge in [-0.3, -0.25) is 0 Å². The van der Waals surface area contributed by atoms with Gasteiger partial charge in [0.25, 0.3) is 0 Å². The van der Waals surface area contributed by atoms with Crippen molar-refractivity contribution < 1.29 is 0 Å². The van der Waals surface area contributed by atoms with Crippen LogP contribution in [0.2, 0.25) is 0 Å². The van der Waals surface area contributed by atoms with E-state index in [2.05, 4.69) is 22.9 Å². The zero-order chi connectivity index (χ0) is 12.1. The van der Waals surface area contributed by atoms with Crippen LogP contribution in [0.3, 0.4) is 0 Å². The van der Waals surface area contributed by atoms with Crippen LogP contribution in [-0.2, 0) is 12.8 Å². The largest absolute Gasteiger partial charge is 0.303 e. The molecule has 0 aromatic carbocycles. The van der Waals surface area contributed by atoms with Gasteiger partial charge in [-0.2, -0.15) is 5.26 Å². The number of aromatic nitrogens is 1. The molecule has 0 amide bonds. The molecule has 0 saturated carbocycles. The summed E-state index contributed by atoms with van der Waals surface area (Å²) < 4.78 is 0. The molecular weight excluding hydrogens is 230 g/mol. The standard InChI is InChI=1S/C13H19N3S/c1-11-3-7-16(8-4-11)9-5-13-15-10-12(17-13)2-6-14/h10-11H,2-5,7-9H2,1H3. The lowest BCUT2D eigenvalue weighted by molar-refractivity contribution is 0.194. The quantitative estimate of drug-likeness (QED) is 0.823. The number of thiazole rings is 1. The Morgan fingerprint density at radius 2 is 2.29 bits per heavy atom. The lowest BCUT2D eigenvalue weighted by atomic mass is 9.99. The van der Waals surface area contributed by atoms with Crippen LogP contribution in [0.1, 0.15) is 29.7 Å². The van der Waals surface area contributed by atoms with E-state index in [1.807, 2.05) is 6.20 Å². The third-order valence-corrected chi connectivity index (χ3v) is 4.43. The van der Waals surface area contributed by atoms with Gasteiger partial charge in [-0.1, -0.05) is 6.92 Å². The van der Waals surface area contributed by atoms with Crippen molar-refractivity contribution in [3.8, 4) is 6.07 Å². The van der Waals surface area contributed by atoms with Crippen LogP contribution in [0.5, 0.6) is 0 Å². The van der Waals surface area contributed by atoms with Crippen LogP contribution < -0.4 is 0 Å². The zero-order valence-electron chi connectivity index (χ0n) is 10.4. The molecule has 1 aromatic heterocycles. The fourth-order valence-electron chi connectivity index (χ4n) is 2.16. The molecule has 1 fully saturated rings. The average Bonchev–Trinajstić information content (AvgIpc) is 2.77. The molecule has 1 aliphatic heterocycles. The molecule has 0 N–H and O–H groups in total. The molecule has 0 atom stereocenters. The van der Waals surface area contributed by atoms with Gasteiger partial charge in [0.05, 0.1) is 17.5 Å². The summed E-state index contributed by atoms with van der Waals surface area (Å²) in [5, 5.41) is 9.78. The van der Waals surface area contributed by atoms with Gasteiger partial charge in [0.15, 0.2) is 0 Å². The molecule has 17 heavy (non-hydrogen) atoms. The first-order valence-electron chi connectivity index (χ1n) is 6.31. The van der Waals surface area contributed by atoms with E-state index in [1.165, 1.54) is 30.9 Å². The van der Waals surface area contributed by atoms with Crippen LogP contribution in [-0.4, -0.2) is 29.5 Å². The monoisotopic (exact) mass is 249 g/mol. The Kier molecular flexibility index (Phi) is 4.52. The number of likely N-dealkylation sites (tertiary alicyclic amines) is 1. The fraction of sp³-hybridized carbons (Fsp3) is 0.692. The first-order valence-corrected chi connectivity index (χ1v) is 7.12. The first-order chi connectivity index (χ1) is 8.28. The molecule has 1 aliphatic rings. The Morgan fingerprint density at radius 3 is 3.00 bits per heavy atom. The number of nitriles is 1.